The first kappa shape index (κ1) is 24.4. The second-order valence-corrected chi connectivity index (χ2v) is 8.93. The van der Waals surface area contributed by atoms with Crippen LogP contribution in [0.5, 0.6) is 0 Å². The van der Waals surface area contributed by atoms with E-state index in [4.69, 9.17) is 5.84 Å². The molecule has 0 atom stereocenters. The van der Waals surface area contributed by atoms with Crippen molar-refractivity contribution in [3.8, 4) is 0 Å². The zero-order chi connectivity index (χ0) is 19.4. The molecule has 0 bridgehead atoms. The van der Waals surface area contributed by atoms with E-state index in [1.165, 1.54) is 113 Å². The van der Waals surface area contributed by atoms with Crippen molar-refractivity contribution in [1.29, 1.82) is 0 Å². The van der Waals surface area contributed by atoms with E-state index < -0.39 is 0 Å². The molecule has 1 rings (SSSR count). The molecule has 0 saturated heterocycles. The molecule has 2 nitrogen and oxygen atoms in total. The van der Waals surface area contributed by atoms with Gasteiger partial charge in [-0.1, -0.05) is 115 Å². The van der Waals surface area contributed by atoms with Gasteiger partial charge in [0.15, 0.2) is 0 Å². The van der Waals surface area contributed by atoms with Crippen LogP contribution in [0.3, 0.4) is 0 Å². The van der Waals surface area contributed by atoms with E-state index in [1.807, 2.05) is 23.9 Å². The Morgan fingerprint density at radius 1 is 0.667 bits per heavy atom. The molecule has 1 aromatic carbocycles. The van der Waals surface area contributed by atoms with Gasteiger partial charge in [0.05, 0.1) is 5.69 Å². The second-order valence-electron chi connectivity index (χ2n) is 7.79. The summed E-state index contributed by atoms with van der Waals surface area (Å²) in [6.07, 6.45) is 22.8. The SMILES string of the molecule is CCCCCCCCCCCCCCCCCCSc1ccccc1NN. The summed E-state index contributed by atoms with van der Waals surface area (Å²) in [7, 11) is 0. The van der Waals surface area contributed by atoms with Crippen molar-refractivity contribution < 1.29 is 0 Å². The molecule has 27 heavy (non-hydrogen) atoms. The van der Waals surface area contributed by atoms with E-state index in [-0.39, 0.29) is 0 Å². The number of anilines is 1. The van der Waals surface area contributed by atoms with E-state index in [0.29, 0.717) is 0 Å². The smallest absolute Gasteiger partial charge is 0.0620 e. The summed E-state index contributed by atoms with van der Waals surface area (Å²) in [6.45, 7) is 2.29. The molecule has 0 aliphatic heterocycles. The highest BCUT2D eigenvalue weighted by molar-refractivity contribution is 7.99. The fourth-order valence-electron chi connectivity index (χ4n) is 3.54. The van der Waals surface area contributed by atoms with Crippen LogP contribution in [-0.2, 0) is 0 Å². The topological polar surface area (TPSA) is 38.0 Å². The molecule has 0 amide bonds. The summed E-state index contributed by atoms with van der Waals surface area (Å²) in [5.41, 5.74) is 3.82. The highest BCUT2D eigenvalue weighted by Crippen LogP contribution is 2.27. The average molecular weight is 393 g/mol. The van der Waals surface area contributed by atoms with Crippen LogP contribution in [-0.4, -0.2) is 5.75 Å². The van der Waals surface area contributed by atoms with Crippen LogP contribution in [0, 0.1) is 0 Å². The molecule has 3 N–H and O–H groups in total. The Hall–Kier alpha value is -0.670. The van der Waals surface area contributed by atoms with Crippen LogP contribution in [0.25, 0.3) is 0 Å². The minimum atomic E-state index is 1.04. The van der Waals surface area contributed by atoms with Gasteiger partial charge < -0.3 is 5.43 Å². The summed E-state index contributed by atoms with van der Waals surface area (Å²) < 4.78 is 0. The van der Waals surface area contributed by atoms with Gasteiger partial charge in [0.25, 0.3) is 0 Å². The summed E-state index contributed by atoms with van der Waals surface area (Å²) in [5, 5.41) is 0. The van der Waals surface area contributed by atoms with Gasteiger partial charge in [-0.15, -0.1) is 11.8 Å². The molecule has 0 aliphatic carbocycles. The van der Waals surface area contributed by atoms with Crippen LogP contribution in [0.15, 0.2) is 29.2 Å². The number of unbranched alkanes of at least 4 members (excludes halogenated alkanes) is 15. The maximum absolute atomic E-state index is 5.55. The molecule has 0 unspecified atom stereocenters. The molecule has 156 valence electrons. The minimum absolute atomic E-state index is 1.04. The number of para-hydroxylation sites is 1. The number of thioether (sulfide) groups is 1. The molecule has 0 aliphatic rings. The Morgan fingerprint density at radius 3 is 1.59 bits per heavy atom. The molecule has 0 spiro atoms. The second kappa shape index (κ2) is 18.7. The Labute approximate surface area is 173 Å². The van der Waals surface area contributed by atoms with Crippen LogP contribution >= 0.6 is 11.8 Å². The molecule has 3 heteroatoms. The van der Waals surface area contributed by atoms with Gasteiger partial charge in [-0.3, -0.25) is 5.84 Å². The number of hydrogen-bond donors (Lipinski definition) is 2. The van der Waals surface area contributed by atoms with Crippen molar-refractivity contribution in [1.82, 2.24) is 0 Å². The number of benzene rings is 1. The minimum Gasteiger partial charge on any atom is -0.323 e. The molecular weight excluding hydrogens is 348 g/mol. The lowest BCUT2D eigenvalue weighted by Gasteiger charge is -2.08. The lowest BCUT2D eigenvalue weighted by molar-refractivity contribution is 0.532. The van der Waals surface area contributed by atoms with Gasteiger partial charge in [-0.25, -0.2) is 0 Å². The molecule has 0 radical (unpaired) electrons. The maximum atomic E-state index is 5.55. The molecule has 0 aromatic heterocycles. The van der Waals surface area contributed by atoms with Crippen molar-refractivity contribution in [3.63, 3.8) is 0 Å². The van der Waals surface area contributed by atoms with E-state index in [2.05, 4.69) is 24.5 Å². The molecule has 0 heterocycles. The lowest BCUT2D eigenvalue weighted by Crippen LogP contribution is -2.07. The molecule has 1 aromatic rings. The molecule has 0 saturated carbocycles. The first-order chi connectivity index (χ1) is 13.4. The zero-order valence-corrected chi connectivity index (χ0v) is 18.6. The largest absolute Gasteiger partial charge is 0.323 e. The third-order valence-electron chi connectivity index (χ3n) is 5.30. The fourth-order valence-corrected chi connectivity index (χ4v) is 4.57. The number of nitrogen functional groups attached to an aromatic ring is 1. The monoisotopic (exact) mass is 392 g/mol. The van der Waals surface area contributed by atoms with Gasteiger partial charge in [0, 0.05) is 4.90 Å². The Kier molecular flexibility index (Phi) is 16.9. The highest BCUT2D eigenvalue weighted by Gasteiger charge is 2.00. The van der Waals surface area contributed by atoms with Crippen LogP contribution in [0.4, 0.5) is 5.69 Å². The predicted octanol–water partition coefficient (Wildman–Crippen LogP) is 8.33. The van der Waals surface area contributed by atoms with Crippen molar-refractivity contribution in [2.45, 2.75) is 115 Å². The number of nitrogens with two attached hydrogens (primary N) is 1. The summed E-state index contributed by atoms with van der Waals surface area (Å²) in [5.74, 6) is 6.74. The average Bonchev–Trinajstić information content (AvgIpc) is 2.70. The zero-order valence-electron chi connectivity index (χ0n) is 17.8. The third kappa shape index (κ3) is 14.0. The molecular formula is C24H44N2S. The number of nitrogens with one attached hydrogen (secondary N) is 1. The highest BCUT2D eigenvalue weighted by atomic mass is 32.2. The summed E-state index contributed by atoms with van der Waals surface area (Å²) in [4.78, 5) is 1.26. The van der Waals surface area contributed by atoms with Crippen molar-refractivity contribution in [3.05, 3.63) is 24.3 Å². The maximum Gasteiger partial charge on any atom is 0.0620 e. The van der Waals surface area contributed by atoms with E-state index in [0.717, 1.165) is 5.69 Å². The Balaban J connectivity index is 1.78. The lowest BCUT2D eigenvalue weighted by atomic mass is 10.0. The Morgan fingerprint density at radius 2 is 1.11 bits per heavy atom. The van der Waals surface area contributed by atoms with Crippen LogP contribution in [0.1, 0.15) is 110 Å². The van der Waals surface area contributed by atoms with Crippen molar-refractivity contribution in [2.75, 3.05) is 11.2 Å². The van der Waals surface area contributed by atoms with E-state index in [9.17, 15) is 0 Å². The van der Waals surface area contributed by atoms with E-state index >= 15 is 0 Å². The quantitative estimate of drug-likeness (QED) is 0.107. The van der Waals surface area contributed by atoms with Crippen molar-refractivity contribution in [2.24, 2.45) is 5.84 Å². The standard InChI is InChI=1S/C24H44N2S/c1-2-3-4-5-6-7-8-9-10-11-12-13-14-15-16-19-22-27-24-21-18-17-20-23(24)26-25/h17-18,20-21,26H,2-16,19,22,25H2,1H3. The van der Waals surface area contributed by atoms with Gasteiger partial charge in [0.2, 0.25) is 0 Å². The summed E-state index contributed by atoms with van der Waals surface area (Å²) >= 11 is 1.92. The fraction of sp³-hybridized carbons (Fsp3) is 0.750. The van der Waals surface area contributed by atoms with Gasteiger partial charge >= 0.3 is 0 Å². The Bertz CT molecular complexity index is 436. The van der Waals surface area contributed by atoms with Gasteiger partial charge in [0.1, 0.15) is 0 Å². The first-order valence-electron chi connectivity index (χ1n) is 11.6. The van der Waals surface area contributed by atoms with Gasteiger partial charge in [-0.05, 0) is 24.3 Å². The molecule has 0 fully saturated rings. The first-order valence-corrected chi connectivity index (χ1v) is 12.6. The summed E-state index contributed by atoms with van der Waals surface area (Å²) in [6, 6.07) is 8.28. The van der Waals surface area contributed by atoms with Crippen LogP contribution < -0.4 is 11.3 Å². The number of hydrazine groups is 1. The van der Waals surface area contributed by atoms with E-state index in [1.54, 1.807) is 0 Å². The third-order valence-corrected chi connectivity index (χ3v) is 6.46. The van der Waals surface area contributed by atoms with Crippen LogP contribution in [0.2, 0.25) is 0 Å². The number of rotatable bonds is 19. The predicted molar refractivity (Wildman–Crippen MR) is 125 cm³/mol. The number of hydrogen-bond acceptors (Lipinski definition) is 3. The normalized spacial score (nSPS) is 11.0. The van der Waals surface area contributed by atoms with Gasteiger partial charge in [-0.2, -0.15) is 0 Å². The van der Waals surface area contributed by atoms with Crippen molar-refractivity contribution >= 4 is 17.4 Å².